The van der Waals surface area contributed by atoms with Crippen LogP contribution in [0.25, 0.3) is 88.6 Å². The molecule has 63 heavy (non-hydrogen) atoms. The summed E-state index contributed by atoms with van der Waals surface area (Å²) in [5.74, 6) is 0. The number of nitrogens with zero attached hydrogens (tertiary/aromatic N) is 3. The average molecular weight is 808 g/mol. The molecule has 0 bridgehead atoms. The van der Waals surface area contributed by atoms with E-state index in [1.807, 2.05) is 6.07 Å². The van der Waals surface area contributed by atoms with E-state index in [1.54, 1.807) is 0 Å². The maximum absolute atomic E-state index is 6.71. The van der Waals surface area contributed by atoms with Crippen molar-refractivity contribution in [2.75, 3.05) is 4.90 Å². The second kappa shape index (κ2) is 13.5. The fourth-order valence-electron chi connectivity index (χ4n) is 10.6. The van der Waals surface area contributed by atoms with Crippen molar-refractivity contribution >= 4 is 66.6 Å². The molecule has 0 atom stereocenters. The molecule has 0 saturated carbocycles. The molecule has 0 spiro atoms. The second-order valence-electron chi connectivity index (χ2n) is 17.3. The Morgan fingerprint density at radius 3 is 1.81 bits per heavy atom. The van der Waals surface area contributed by atoms with Crippen molar-refractivity contribution in [3.63, 3.8) is 0 Å². The van der Waals surface area contributed by atoms with E-state index in [0.29, 0.717) is 0 Å². The van der Waals surface area contributed by atoms with Crippen LogP contribution >= 0.6 is 0 Å². The van der Waals surface area contributed by atoms with Gasteiger partial charge in [0.1, 0.15) is 11.2 Å². The van der Waals surface area contributed by atoms with Crippen LogP contribution in [0.4, 0.5) is 17.1 Å². The molecule has 0 amide bonds. The van der Waals surface area contributed by atoms with Crippen molar-refractivity contribution in [3.05, 3.63) is 223 Å². The van der Waals surface area contributed by atoms with Crippen molar-refractivity contribution in [2.24, 2.45) is 0 Å². The lowest BCUT2D eigenvalue weighted by atomic mass is 9.82. The third-order valence-electron chi connectivity index (χ3n) is 13.5. The third kappa shape index (κ3) is 5.22. The Kier molecular flexibility index (Phi) is 7.62. The maximum atomic E-state index is 6.71. The molecule has 13 rings (SSSR count). The number of hydrogen-bond donors (Lipinski definition) is 0. The summed E-state index contributed by atoms with van der Waals surface area (Å²) in [6.07, 6.45) is 0. The van der Waals surface area contributed by atoms with E-state index in [1.165, 1.54) is 49.8 Å². The van der Waals surface area contributed by atoms with Gasteiger partial charge in [-0.15, -0.1) is 0 Å². The van der Waals surface area contributed by atoms with Crippen LogP contribution in [0.2, 0.25) is 0 Å². The molecule has 298 valence electrons. The van der Waals surface area contributed by atoms with Gasteiger partial charge in [0.2, 0.25) is 0 Å². The molecule has 0 radical (unpaired) electrons. The summed E-state index contributed by atoms with van der Waals surface area (Å²) in [7, 11) is 0. The Labute approximate surface area is 365 Å². The first-order chi connectivity index (χ1) is 31.0. The van der Waals surface area contributed by atoms with Crippen molar-refractivity contribution in [2.45, 2.75) is 19.3 Å². The van der Waals surface area contributed by atoms with Gasteiger partial charge in [-0.2, -0.15) is 0 Å². The zero-order valence-electron chi connectivity index (χ0n) is 35.0. The van der Waals surface area contributed by atoms with Crippen LogP contribution in [0.3, 0.4) is 0 Å². The molecule has 1 aliphatic carbocycles. The number of rotatable bonds is 6. The molecule has 3 heterocycles. The molecule has 4 nitrogen and oxygen atoms in total. The van der Waals surface area contributed by atoms with Gasteiger partial charge >= 0.3 is 0 Å². The van der Waals surface area contributed by atoms with Gasteiger partial charge in [0.15, 0.2) is 5.58 Å². The summed E-state index contributed by atoms with van der Waals surface area (Å²) in [6, 6.07) is 77.1. The van der Waals surface area contributed by atoms with Gasteiger partial charge in [0.05, 0.1) is 22.2 Å². The zero-order valence-corrected chi connectivity index (χ0v) is 35.0. The summed E-state index contributed by atoms with van der Waals surface area (Å²) in [6.45, 7) is 4.71. The SMILES string of the molecule is CC1(C)c2ccccc2-c2ccc(N(c3ccc(-c4ccccc4)cc3)c3ccc(-c4c5ccccc5n5c6ccccc6n(-c6cccc7c6oc6ccccc67)c45)cc3)cc21. The minimum absolute atomic E-state index is 0.123. The molecular weight excluding hydrogens is 767 g/mol. The van der Waals surface area contributed by atoms with Crippen LogP contribution in [0, 0.1) is 0 Å². The normalized spacial score (nSPS) is 13.0. The fraction of sp³-hybridized carbons (Fsp3) is 0.0508. The van der Waals surface area contributed by atoms with Gasteiger partial charge < -0.3 is 9.32 Å². The molecule has 0 N–H and O–H groups in total. The predicted octanol–water partition coefficient (Wildman–Crippen LogP) is 16.0. The van der Waals surface area contributed by atoms with Crippen LogP contribution in [0.5, 0.6) is 0 Å². The molecule has 9 aromatic carbocycles. The highest BCUT2D eigenvalue weighted by Crippen LogP contribution is 2.51. The number of anilines is 3. The zero-order chi connectivity index (χ0) is 41.8. The summed E-state index contributed by atoms with van der Waals surface area (Å²) < 4.78 is 11.5. The Morgan fingerprint density at radius 2 is 1.02 bits per heavy atom. The van der Waals surface area contributed by atoms with Gasteiger partial charge in [-0.25, -0.2) is 0 Å². The van der Waals surface area contributed by atoms with Gasteiger partial charge in [-0.05, 0) is 106 Å². The highest BCUT2D eigenvalue weighted by atomic mass is 16.3. The van der Waals surface area contributed by atoms with E-state index in [2.05, 4.69) is 234 Å². The van der Waals surface area contributed by atoms with E-state index in [0.717, 1.165) is 66.9 Å². The first-order valence-electron chi connectivity index (χ1n) is 21.8. The van der Waals surface area contributed by atoms with Crippen molar-refractivity contribution in [1.29, 1.82) is 0 Å². The number of aromatic nitrogens is 2. The Hall–Kier alpha value is -8.08. The smallest absolute Gasteiger partial charge is 0.159 e. The lowest BCUT2D eigenvalue weighted by molar-refractivity contribution is 0.660. The quantitative estimate of drug-likeness (QED) is 0.167. The number of furan rings is 1. The first kappa shape index (κ1) is 35.7. The number of benzene rings is 9. The Balaban J connectivity index is 1.01. The van der Waals surface area contributed by atoms with Crippen LogP contribution in [0.15, 0.2) is 217 Å². The highest BCUT2D eigenvalue weighted by molar-refractivity contribution is 6.12. The highest BCUT2D eigenvalue weighted by Gasteiger charge is 2.36. The Morgan fingerprint density at radius 1 is 0.429 bits per heavy atom. The van der Waals surface area contributed by atoms with Gasteiger partial charge in [-0.1, -0.05) is 159 Å². The van der Waals surface area contributed by atoms with E-state index in [9.17, 15) is 0 Å². The van der Waals surface area contributed by atoms with Crippen molar-refractivity contribution in [3.8, 4) is 39.1 Å². The lowest BCUT2D eigenvalue weighted by Crippen LogP contribution is -2.16. The summed E-state index contributed by atoms with van der Waals surface area (Å²) in [5, 5.41) is 3.43. The van der Waals surface area contributed by atoms with Crippen LogP contribution < -0.4 is 4.90 Å². The molecule has 0 unspecified atom stereocenters. The molecule has 12 aromatic rings. The standard InChI is InChI=1S/C59H41N3O/c1-59(2)49-21-9-6-17-44(49)45-36-35-43(37-50(45)59)60(41-31-27-39(28-32-41)38-15-4-3-5-16-38)42-33-29-40(30-34-42)56-48-19-7-10-22-51(48)61-52-23-11-12-24-53(52)62(58(56)61)54-25-14-20-47-46-18-8-13-26-55(46)63-57(47)54/h3-37H,1-2H3. The topological polar surface area (TPSA) is 25.7 Å². The molecular formula is C59H41N3O. The van der Waals surface area contributed by atoms with E-state index in [4.69, 9.17) is 4.42 Å². The van der Waals surface area contributed by atoms with E-state index in [-0.39, 0.29) is 5.41 Å². The van der Waals surface area contributed by atoms with Gasteiger partial charge in [0, 0.05) is 44.2 Å². The summed E-state index contributed by atoms with van der Waals surface area (Å²) >= 11 is 0. The number of para-hydroxylation sites is 5. The lowest BCUT2D eigenvalue weighted by Gasteiger charge is -2.28. The summed E-state index contributed by atoms with van der Waals surface area (Å²) in [4.78, 5) is 2.41. The largest absolute Gasteiger partial charge is 0.454 e. The molecule has 0 saturated heterocycles. The van der Waals surface area contributed by atoms with Gasteiger partial charge in [-0.3, -0.25) is 8.97 Å². The minimum Gasteiger partial charge on any atom is -0.454 e. The molecule has 0 aliphatic heterocycles. The van der Waals surface area contributed by atoms with Gasteiger partial charge in [0.25, 0.3) is 0 Å². The number of fused-ring (bicyclic) bond motifs is 11. The van der Waals surface area contributed by atoms with E-state index >= 15 is 0 Å². The minimum atomic E-state index is -0.123. The second-order valence-corrected chi connectivity index (χ2v) is 17.3. The predicted molar refractivity (Wildman–Crippen MR) is 262 cm³/mol. The van der Waals surface area contributed by atoms with Crippen LogP contribution in [-0.4, -0.2) is 8.97 Å². The fourth-order valence-corrected chi connectivity index (χ4v) is 10.6. The molecule has 3 aromatic heterocycles. The van der Waals surface area contributed by atoms with Crippen molar-refractivity contribution in [1.82, 2.24) is 8.97 Å². The van der Waals surface area contributed by atoms with Crippen molar-refractivity contribution < 1.29 is 4.42 Å². The third-order valence-corrected chi connectivity index (χ3v) is 13.5. The monoisotopic (exact) mass is 807 g/mol. The molecule has 0 fully saturated rings. The Bertz CT molecular complexity index is 3750. The molecule has 4 heteroatoms. The average Bonchev–Trinajstić information content (AvgIpc) is 4.05. The number of hydrogen-bond acceptors (Lipinski definition) is 2. The summed E-state index contributed by atoms with van der Waals surface area (Å²) in [5.41, 5.74) is 20.6. The maximum Gasteiger partial charge on any atom is 0.159 e. The molecule has 1 aliphatic rings. The first-order valence-corrected chi connectivity index (χ1v) is 21.8. The van der Waals surface area contributed by atoms with E-state index < -0.39 is 0 Å². The van der Waals surface area contributed by atoms with Crippen LogP contribution in [0.1, 0.15) is 25.0 Å². The number of imidazole rings is 1. The van der Waals surface area contributed by atoms with Crippen LogP contribution in [-0.2, 0) is 5.41 Å².